The van der Waals surface area contributed by atoms with Gasteiger partial charge in [-0.1, -0.05) is 22.8 Å². The number of hydrogen-bond donors (Lipinski definition) is 1. The highest BCUT2D eigenvalue weighted by Crippen LogP contribution is 2.31. The van der Waals surface area contributed by atoms with Gasteiger partial charge < -0.3 is 14.7 Å². The molecule has 0 aliphatic rings. The van der Waals surface area contributed by atoms with Crippen LogP contribution in [-0.4, -0.2) is 10.1 Å². The molecule has 2 heterocycles. The molecule has 0 aliphatic heterocycles. The second-order valence-electron chi connectivity index (χ2n) is 3.64. The van der Waals surface area contributed by atoms with Crippen LogP contribution >= 0.6 is 11.6 Å². The molecule has 5 nitrogen and oxygen atoms in total. The summed E-state index contributed by atoms with van der Waals surface area (Å²) >= 11 is 5.94. The van der Waals surface area contributed by atoms with Crippen molar-refractivity contribution in [1.82, 2.24) is 10.1 Å². The van der Waals surface area contributed by atoms with Crippen molar-refractivity contribution in [2.45, 2.75) is 0 Å². The first kappa shape index (κ1) is 10.9. The molecule has 1 aromatic carbocycles. The summed E-state index contributed by atoms with van der Waals surface area (Å²) in [6.45, 7) is 0. The zero-order valence-electron chi connectivity index (χ0n) is 9.13. The Balaban J connectivity index is 2.06. The number of nitrogens with zero attached hydrogens (tertiary/aromatic N) is 2. The molecular weight excluding hydrogens is 254 g/mol. The fourth-order valence-electron chi connectivity index (χ4n) is 1.57. The monoisotopic (exact) mass is 261 g/mol. The highest BCUT2D eigenvalue weighted by molar-refractivity contribution is 6.33. The average molecular weight is 262 g/mol. The van der Waals surface area contributed by atoms with Gasteiger partial charge in [-0.3, -0.25) is 0 Å². The number of anilines is 1. The smallest absolute Gasteiger partial charge is 0.260 e. The van der Waals surface area contributed by atoms with Gasteiger partial charge in [0, 0.05) is 0 Å². The molecule has 2 N–H and O–H groups in total. The SMILES string of the molecule is Nc1c(Cl)cccc1-c1nc(-c2ccoc2)no1. The van der Waals surface area contributed by atoms with E-state index in [1.165, 1.54) is 6.26 Å². The summed E-state index contributed by atoms with van der Waals surface area (Å²) in [5, 5.41) is 4.32. The Morgan fingerprint density at radius 3 is 2.89 bits per heavy atom. The summed E-state index contributed by atoms with van der Waals surface area (Å²) in [7, 11) is 0. The zero-order chi connectivity index (χ0) is 12.5. The van der Waals surface area contributed by atoms with Crippen LogP contribution in [0.5, 0.6) is 0 Å². The van der Waals surface area contributed by atoms with Gasteiger partial charge in [0.2, 0.25) is 5.82 Å². The normalized spacial score (nSPS) is 10.7. The van der Waals surface area contributed by atoms with E-state index >= 15 is 0 Å². The van der Waals surface area contributed by atoms with Crippen molar-refractivity contribution in [1.29, 1.82) is 0 Å². The molecule has 3 rings (SSSR count). The number of benzene rings is 1. The van der Waals surface area contributed by atoms with E-state index in [2.05, 4.69) is 10.1 Å². The Morgan fingerprint density at radius 2 is 2.11 bits per heavy atom. The van der Waals surface area contributed by atoms with Gasteiger partial charge in [-0.25, -0.2) is 0 Å². The lowest BCUT2D eigenvalue weighted by atomic mass is 10.2. The predicted molar refractivity (Wildman–Crippen MR) is 66.9 cm³/mol. The van der Waals surface area contributed by atoms with E-state index < -0.39 is 0 Å². The Bertz CT molecular complexity index is 676. The first-order chi connectivity index (χ1) is 8.75. The number of hydrogen-bond acceptors (Lipinski definition) is 5. The van der Waals surface area contributed by atoms with Gasteiger partial charge in [0.1, 0.15) is 6.26 Å². The van der Waals surface area contributed by atoms with E-state index in [4.69, 9.17) is 26.3 Å². The minimum Gasteiger partial charge on any atom is -0.472 e. The maximum atomic E-state index is 5.94. The maximum absolute atomic E-state index is 5.94. The van der Waals surface area contributed by atoms with Crippen molar-refractivity contribution in [3.63, 3.8) is 0 Å². The summed E-state index contributed by atoms with van der Waals surface area (Å²) < 4.78 is 10.1. The van der Waals surface area contributed by atoms with Crippen LogP contribution in [-0.2, 0) is 0 Å². The van der Waals surface area contributed by atoms with Gasteiger partial charge in [0.25, 0.3) is 5.89 Å². The molecule has 0 saturated carbocycles. The summed E-state index contributed by atoms with van der Waals surface area (Å²) in [5.41, 5.74) is 7.64. The number of aromatic nitrogens is 2. The Hall–Kier alpha value is -2.27. The molecule has 0 unspecified atom stereocenters. The fraction of sp³-hybridized carbons (Fsp3) is 0. The second-order valence-corrected chi connectivity index (χ2v) is 4.04. The highest BCUT2D eigenvalue weighted by atomic mass is 35.5. The molecule has 0 atom stereocenters. The van der Waals surface area contributed by atoms with E-state index in [1.54, 1.807) is 30.5 Å². The van der Waals surface area contributed by atoms with Gasteiger partial charge in [0.05, 0.1) is 28.1 Å². The zero-order valence-corrected chi connectivity index (χ0v) is 9.89. The van der Waals surface area contributed by atoms with E-state index in [-0.39, 0.29) is 0 Å². The van der Waals surface area contributed by atoms with Crippen LogP contribution in [0.4, 0.5) is 5.69 Å². The summed E-state index contributed by atoms with van der Waals surface area (Å²) in [5.74, 6) is 0.768. The number of para-hydroxylation sites is 1. The lowest BCUT2D eigenvalue weighted by molar-refractivity contribution is 0.432. The minimum atomic E-state index is 0.325. The summed E-state index contributed by atoms with van der Waals surface area (Å²) in [6, 6.07) is 6.99. The van der Waals surface area contributed by atoms with Gasteiger partial charge in [-0.15, -0.1) is 0 Å². The molecule has 0 amide bonds. The molecule has 2 aromatic heterocycles. The van der Waals surface area contributed by atoms with Crippen LogP contribution in [0, 0.1) is 0 Å². The molecule has 0 radical (unpaired) electrons. The van der Waals surface area contributed by atoms with Crippen molar-refractivity contribution in [2.75, 3.05) is 5.73 Å². The number of nitrogen functional groups attached to an aromatic ring is 1. The largest absolute Gasteiger partial charge is 0.472 e. The molecule has 0 saturated heterocycles. The molecule has 6 heteroatoms. The standard InChI is InChI=1S/C12H8ClN3O2/c13-9-3-1-2-8(10(9)14)12-15-11(16-18-12)7-4-5-17-6-7/h1-6H,14H2. The molecule has 0 aliphatic carbocycles. The third-order valence-electron chi connectivity index (χ3n) is 2.49. The fourth-order valence-corrected chi connectivity index (χ4v) is 1.74. The summed E-state index contributed by atoms with van der Waals surface area (Å²) in [4.78, 5) is 4.25. The van der Waals surface area contributed by atoms with Gasteiger partial charge in [-0.2, -0.15) is 4.98 Å². The second kappa shape index (κ2) is 4.19. The van der Waals surface area contributed by atoms with Crippen LogP contribution in [0.2, 0.25) is 5.02 Å². The van der Waals surface area contributed by atoms with Gasteiger partial charge >= 0.3 is 0 Å². The molecule has 3 aromatic rings. The van der Waals surface area contributed by atoms with Crippen molar-refractivity contribution in [3.05, 3.63) is 41.8 Å². The van der Waals surface area contributed by atoms with Crippen LogP contribution < -0.4 is 5.73 Å². The van der Waals surface area contributed by atoms with Crippen LogP contribution in [0.3, 0.4) is 0 Å². The topological polar surface area (TPSA) is 78.1 Å². The highest BCUT2D eigenvalue weighted by Gasteiger charge is 2.14. The van der Waals surface area contributed by atoms with Gasteiger partial charge in [0.15, 0.2) is 0 Å². The Morgan fingerprint density at radius 1 is 1.22 bits per heavy atom. The molecular formula is C12H8ClN3O2. The van der Waals surface area contributed by atoms with Crippen LogP contribution in [0.25, 0.3) is 22.8 Å². The predicted octanol–water partition coefficient (Wildman–Crippen LogP) is 3.23. The van der Waals surface area contributed by atoms with Crippen molar-refractivity contribution in [3.8, 4) is 22.8 Å². The number of furan rings is 1. The number of rotatable bonds is 2. The summed E-state index contributed by atoms with van der Waals surface area (Å²) in [6.07, 6.45) is 3.08. The third kappa shape index (κ3) is 1.74. The lowest BCUT2D eigenvalue weighted by Gasteiger charge is -2.01. The van der Waals surface area contributed by atoms with E-state index in [9.17, 15) is 0 Å². The Labute approximate surface area is 107 Å². The van der Waals surface area contributed by atoms with Crippen molar-refractivity contribution in [2.24, 2.45) is 0 Å². The quantitative estimate of drug-likeness (QED) is 0.717. The van der Waals surface area contributed by atoms with E-state index in [0.717, 1.165) is 5.56 Å². The van der Waals surface area contributed by atoms with Gasteiger partial charge in [-0.05, 0) is 18.2 Å². The maximum Gasteiger partial charge on any atom is 0.260 e. The number of nitrogens with two attached hydrogens (primary N) is 1. The van der Waals surface area contributed by atoms with E-state index in [1.807, 2.05) is 0 Å². The van der Waals surface area contributed by atoms with Crippen molar-refractivity contribution >= 4 is 17.3 Å². The molecule has 0 fully saturated rings. The molecule has 0 bridgehead atoms. The number of halogens is 1. The molecule has 90 valence electrons. The van der Waals surface area contributed by atoms with Crippen LogP contribution in [0.15, 0.2) is 45.7 Å². The molecule has 18 heavy (non-hydrogen) atoms. The first-order valence-corrected chi connectivity index (χ1v) is 5.54. The lowest BCUT2D eigenvalue weighted by Crippen LogP contribution is -1.91. The minimum absolute atomic E-state index is 0.325. The van der Waals surface area contributed by atoms with E-state index in [0.29, 0.717) is 28.0 Å². The van der Waals surface area contributed by atoms with Crippen LogP contribution in [0.1, 0.15) is 0 Å². The third-order valence-corrected chi connectivity index (χ3v) is 2.82. The first-order valence-electron chi connectivity index (χ1n) is 5.16. The molecule has 0 spiro atoms. The average Bonchev–Trinajstić information content (AvgIpc) is 3.01. The van der Waals surface area contributed by atoms with Crippen molar-refractivity contribution < 1.29 is 8.94 Å². The Kier molecular flexibility index (Phi) is 2.53.